The molecule has 0 aliphatic rings. The van der Waals surface area contributed by atoms with E-state index in [9.17, 15) is 8.42 Å². The lowest BCUT2D eigenvalue weighted by Gasteiger charge is -2.19. The molecule has 1 aromatic heterocycles. The first-order valence-electron chi connectivity index (χ1n) is 5.94. The van der Waals surface area contributed by atoms with Crippen molar-refractivity contribution in [2.45, 2.75) is 25.3 Å². The molecule has 1 N–H and O–H groups in total. The van der Waals surface area contributed by atoms with Crippen molar-refractivity contribution in [1.29, 1.82) is 0 Å². The topological polar surface area (TPSA) is 80.0 Å². The van der Waals surface area contributed by atoms with E-state index >= 15 is 0 Å². The van der Waals surface area contributed by atoms with E-state index in [4.69, 9.17) is 14.3 Å². The molecule has 19 heavy (non-hydrogen) atoms. The molecule has 110 valence electrons. The summed E-state index contributed by atoms with van der Waals surface area (Å²) in [6.07, 6.45) is 0. The van der Waals surface area contributed by atoms with Crippen LogP contribution in [0.2, 0.25) is 0 Å². The second-order valence-corrected chi connectivity index (χ2v) is 6.33. The standard InChI is InChI=1S/C11H18BrNO5S/c1-3-13(5-6-17-4-2)19(15,16)10-7-9(8-14)18-11(10)12/h7,14H,3-6,8H2,1-2H3. The molecule has 1 aromatic rings. The number of halogens is 1. The highest BCUT2D eigenvalue weighted by Crippen LogP contribution is 2.28. The third-order valence-electron chi connectivity index (χ3n) is 2.52. The lowest BCUT2D eigenvalue weighted by molar-refractivity contribution is 0.135. The van der Waals surface area contributed by atoms with Crippen LogP contribution in [-0.2, 0) is 21.4 Å². The summed E-state index contributed by atoms with van der Waals surface area (Å²) in [6.45, 7) is 4.75. The highest BCUT2D eigenvalue weighted by Gasteiger charge is 2.28. The quantitative estimate of drug-likeness (QED) is 0.716. The molecule has 0 unspecified atom stereocenters. The van der Waals surface area contributed by atoms with Crippen molar-refractivity contribution in [3.63, 3.8) is 0 Å². The summed E-state index contributed by atoms with van der Waals surface area (Å²) in [6, 6.07) is 1.32. The molecule has 0 radical (unpaired) electrons. The number of hydrogen-bond acceptors (Lipinski definition) is 5. The highest BCUT2D eigenvalue weighted by molar-refractivity contribution is 9.10. The smallest absolute Gasteiger partial charge is 0.247 e. The van der Waals surface area contributed by atoms with E-state index in [1.165, 1.54) is 10.4 Å². The maximum absolute atomic E-state index is 12.4. The summed E-state index contributed by atoms with van der Waals surface area (Å²) in [5, 5.41) is 8.97. The van der Waals surface area contributed by atoms with E-state index < -0.39 is 10.0 Å². The number of nitrogens with zero attached hydrogens (tertiary/aromatic N) is 1. The zero-order valence-corrected chi connectivity index (χ0v) is 13.3. The fourth-order valence-electron chi connectivity index (χ4n) is 1.55. The van der Waals surface area contributed by atoms with Crippen LogP contribution in [0.15, 0.2) is 20.0 Å². The molecule has 1 heterocycles. The van der Waals surface area contributed by atoms with E-state index in [-0.39, 0.29) is 28.5 Å². The largest absolute Gasteiger partial charge is 0.450 e. The molecule has 0 aromatic carbocycles. The molecule has 0 atom stereocenters. The predicted molar refractivity (Wildman–Crippen MR) is 73.3 cm³/mol. The van der Waals surface area contributed by atoms with Gasteiger partial charge >= 0.3 is 0 Å². The van der Waals surface area contributed by atoms with Crippen LogP contribution in [0, 0.1) is 0 Å². The van der Waals surface area contributed by atoms with Crippen LogP contribution in [-0.4, -0.2) is 44.1 Å². The first-order chi connectivity index (χ1) is 8.97. The van der Waals surface area contributed by atoms with Gasteiger partial charge in [0.2, 0.25) is 10.0 Å². The molecule has 6 nitrogen and oxygen atoms in total. The number of sulfonamides is 1. The summed E-state index contributed by atoms with van der Waals surface area (Å²) in [5.74, 6) is 0.200. The molecule has 0 bridgehead atoms. The Morgan fingerprint density at radius 1 is 1.47 bits per heavy atom. The average molecular weight is 356 g/mol. The molecule has 0 fully saturated rings. The fraction of sp³-hybridized carbons (Fsp3) is 0.636. The minimum atomic E-state index is -3.65. The maximum Gasteiger partial charge on any atom is 0.247 e. The summed E-state index contributed by atoms with van der Waals surface area (Å²) in [4.78, 5) is 0.0231. The second kappa shape index (κ2) is 7.39. The molecule has 0 aliphatic heterocycles. The minimum Gasteiger partial charge on any atom is -0.450 e. The van der Waals surface area contributed by atoms with Gasteiger partial charge in [0.1, 0.15) is 17.3 Å². The van der Waals surface area contributed by atoms with Crippen molar-refractivity contribution < 1.29 is 22.7 Å². The lowest BCUT2D eigenvalue weighted by atomic mass is 10.5. The van der Waals surface area contributed by atoms with Crippen LogP contribution < -0.4 is 0 Å². The van der Waals surface area contributed by atoms with Gasteiger partial charge in [0, 0.05) is 25.8 Å². The number of likely N-dealkylation sites (N-methyl/N-ethyl adjacent to an activating group) is 1. The predicted octanol–water partition coefficient (Wildman–Crippen LogP) is 1.58. The van der Waals surface area contributed by atoms with Gasteiger partial charge in [-0.2, -0.15) is 4.31 Å². The Hall–Kier alpha value is -0.410. The monoisotopic (exact) mass is 355 g/mol. The Kier molecular flexibility index (Phi) is 6.48. The first kappa shape index (κ1) is 16.6. The van der Waals surface area contributed by atoms with Crippen molar-refractivity contribution in [2.75, 3.05) is 26.3 Å². The van der Waals surface area contributed by atoms with Gasteiger partial charge in [-0.1, -0.05) is 6.92 Å². The zero-order valence-electron chi connectivity index (χ0n) is 10.9. The molecule has 0 aliphatic carbocycles. The number of rotatable bonds is 8. The zero-order chi connectivity index (χ0) is 14.5. The van der Waals surface area contributed by atoms with Crippen molar-refractivity contribution in [3.8, 4) is 0 Å². The molecule has 0 saturated carbocycles. The SMILES string of the molecule is CCOCCN(CC)S(=O)(=O)c1cc(CO)oc1Br. The molecular weight excluding hydrogens is 338 g/mol. The van der Waals surface area contributed by atoms with Crippen molar-refractivity contribution in [2.24, 2.45) is 0 Å². The van der Waals surface area contributed by atoms with Crippen molar-refractivity contribution >= 4 is 26.0 Å². The third kappa shape index (κ3) is 4.03. The highest BCUT2D eigenvalue weighted by atomic mass is 79.9. The molecule has 0 saturated heterocycles. The summed E-state index contributed by atoms with van der Waals surface area (Å²) < 4.78 is 36.5. The Bertz CT molecular complexity index is 499. The van der Waals surface area contributed by atoms with Crippen LogP contribution in [0.3, 0.4) is 0 Å². The third-order valence-corrected chi connectivity index (χ3v) is 5.35. The molecule has 8 heteroatoms. The van der Waals surface area contributed by atoms with Gasteiger partial charge in [-0.05, 0) is 22.9 Å². The first-order valence-corrected chi connectivity index (χ1v) is 8.17. The van der Waals surface area contributed by atoms with Gasteiger partial charge in [-0.25, -0.2) is 8.42 Å². The molecule has 0 spiro atoms. The number of hydrogen-bond donors (Lipinski definition) is 1. The van der Waals surface area contributed by atoms with Gasteiger partial charge in [-0.3, -0.25) is 0 Å². The summed E-state index contributed by atoms with van der Waals surface area (Å²) >= 11 is 3.06. The molecule has 1 rings (SSSR count). The summed E-state index contributed by atoms with van der Waals surface area (Å²) in [7, 11) is -3.65. The van der Waals surface area contributed by atoms with Crippen LogP contribution in [0.1, 0.15) is 19.6 Å². The Labute approximate surface area is 121 Å². The van der Waals surface area contributed by atoms with E-state index in [2.05, 4.69) is 15.9 Å². The van der Waals surface area contributed by atoms with Gasteiger partial charge in [0.05, 0.1) is 6.61 Å². The second-order valence-electron chi connectivity index (χ2n) is 3.70. The Balaban J connectivity index is 2.96. The normalized spacial score (nSPS) is 12.3. The van der Waals surface area contributed by atoms with Crippen LogP contribution in [0.25, 0.3) is 0 Å². The van der Waals surface area contributed by atoms with Gasteiger partial charge < -0.3 is 14.3 Å². The van der Waals surface area contributed by atoms with Crippen LogP contribution >= 0.6 is 15.9 Å². The Morgan fingerprint density at radius 2 is 2.16 bits per heavy atom. The van der Waals surface area contributed by atoms with Crippen LogP contribution in [0.4, 0.5) is 0 Å². The minimum absolute atomic E-state index is 0.0231. The van der Waals surface area contributed by atoms with Gasteiger partial charge in [0.25, 0.3) is 0 Å². The number of aliphatic hydroxyl groups is 1. The molecule has 0 amide bonds. The summed E-state index contributed by atoms with van der Waals surface area (Å²) in [5.41, 5.74) is 0. The number of ether oxygens (including phenoxy) is 1. The van der Waals surface area contributed by atoms with E-state index in [0.717, 1.165) is 0 Å². The van der Waals surface area contributed by atoms with Crippen molar-refractivity contribution in [3.05, 3.63) is 16.5 Å². The van der Waals surface area contributed by atoms with E-state index in [0.29, 0.717) is 19.8 Å². The van der Waals surface area contributed by atoms with E-state index in [1.54, 1.807) is 6.92 Å². The van der Waals surface area contributed by atoms with Crippen LogP contribution in [0.5, 0.6) is 0 Å². The Morgan fingerprint density at radius 3 is 2.63 bits per heavy atom. The fourth-order valence-corrected chi connectivity index (χ4v) is 3.94. The molecular formula is C11H18BrNO5S. The van der Waals surface area contributed by atoms with Gasteiger partial charge in [0.15, 0.2) is 4.67 Å². The lowest BCUT2D eigenvalue weighted by Crippen LogP contribution is -2.33. The van der Waals surface area contributed by atoms with Gasteiger partial charge in [-0.15, -0.1) is 0 Å². The number of furan rings is 1. The number of aliphatic hydroxyl groups excluding tert-OH is 1. The van der Waals surface area contributed by atoms with Crippen molar-refractivity contribution in [1.82, 2.24) is 4.31 Å². The van der Waals surface area contributed by atoms with E-state index in [1.807, 2.05) is 6.92 Å². The average Bonchev–Trinajstić information content (AvgIpc) is 2.76. The maximum atomic E-state index is 12.4.